The van der Waals surface area contributed by atoms with Crippen LogP contribution in [0.2, 0.25) is 0 Å². The first-order valence-electron chi connectivity index (χ1n) is 1.64. The molecule has 0 spiro atoms. The van der Waals surface area contributed by atoms with E-state index in [-0.39, 0.29) is 11.4 Å². The molecule has 0 atom stereocenters. The Kier molecular flexibility index (Phi) is 1.95. The first kappa shape index (κ1) is 6.04. The lowest BCUT2D eigenvalue weighted by molar-refractivity contribution is -0.113. The second-order valence-corrected chi connectivity index (χ2v) is 0.976. The summed E-state index contributed by atoms with van der Waals surface area (Å²) in [6.07, 6.45) is 4.50. The van der Waals surface area contributed by atoms with Crippen molar-refractivity contribution in [2.45, 2.75) is 0 Å². The summed E-state index contributed by atoms with van der Waals surface area (Å²) in [4.78, 5) is 13.3. The third-order valence-electron chi connectivity index (χ3n) is 0.527. The molecular formula is C4H5NO2. The summed E-state index contributed by atoms with van der Waals surface area (Å²) < 4.78 is 0. The summed E-state index contributed by atoms with van der Waals surface area (Å²) in [5, 5.41) is 0. The van der Waals surface area contributed by atoms with Crippen LogP contribution in [-0.2, 0) is 4.79 Å². The molecule has 0 aliphatic carbocycles. The molecule has 1 rings (SSSR count). The van der Waals surface area contributed by atoms with Crippen LogP contribution in [0.25, 0.3) is 0 Å². The van der Waals surface area contributed by atoms with Crippen LogP contribution in [0.1, 0.15) is 0 Å². The SMILES string of the molecule is O.O=C1C=CC=N1. The fourth-order valence-electron chi connectivity index (χ4n) is 0.285. The summed E-state index contributed by atoms with van der Waals surface area (Å²) in [6.45, 7) is 0. The molecule has 0 saturated carbocycles. The van der Waals surface area contributed by atoms with Gasteiger partial charge >= 0.3 is 0 Å². The summed E-state index contributed by atoms with van der Waals surface area (Å²) in [7, 11) is 0. The number of hydrogen-bond acceptors (Lipinski definition) is 1. The Morgan fingerprint density at radius 3 is 2.43 bits per heavy atom. The standard InChI is InChI=1S/C4H3NO.H2O/c6-4-2-1-3-5-4;/h1-3H;1H2. The first-order chi connectivity index (χ1) is 2.89. The normalized spacial score (nSPS) is 14.6. The molecule has 1 heterocycles. The Bertz CT molecular complexity index is 112. The van der Waals surface area contributed by atoms with E-state index in [1.165, 1.54) is 12.3 Å². The van der Waals surface area contributed by atoms with E-state index >= 15 is 0 Å². The molecule has 0 aromatic carbocycles. The number of rotatable bonds is 0. The van der Waals surface area contributed by atoms with E-state index in [4.69, 9.17) is 0 Å². The number of aliphatic imine (C=N–C) groups is 1. The highest BCUT2D eigenvalue weighted by Crippen LogP contribution is 1.83. The van der Waals surface area contributed by atoms with Crippen molar-refractivity contribution >= 4 is 12.1 Å². The Hall–Kier alpha value is -0.960. The van der Waals surface area contributed by atoms with Gasteiger partial charge in [0, 0.05) is 12.3 Å². The Morgan fingerprint density at radius 2 is 2.29 bits per heavy atom. The maximum atomic E-state index is 9.96. The van der Waals surface area contributed by atoms with Crippen molar-refractivity contribution in [1.29, 1.82) is 0 Å². The van der Waals surface area contributed by atoms with Crippen LogP contribution in [0.3, 0.4) is 0 Å². The van der Waals surface area contributed by atoms with E-state index in [1.54, 1.807) is 6.08 Å². The van der Waals surface area contributed by atoms with E-state index in [0.717, 1.165) is 0 Å². The molecule has 0 aromatic heterocycles. The van der Waals surface area contributed by atoms with Crippen LogP contribution >= 0.6 is 0 Å². The molecule has 3 nitrogen and oxygen atoms in total. The lowest BCUT2D eigenvalue weighted by Gasteiger charge is -1.62. The zero-order valence-electron chi connectivity index (χ0n) is 3.59. The van der Waals surface area contributed by atoms with Gasteiger partial charge in [0.15, 0.2) is 0 Å². The molecule has 1 aliphatic rings. The molecule has 0 unspecified atom stereocenters. The Labute approximate surface area is 40.7 Å². The van der Waals surface area contributed by atoms with Crippen molar-refractivity contribution < 1.29 is 10.3 Å². The predicted molar refractivity (Wildman–Crippen MR) is 26.3 cm³/mol. The average molecular weight is 99.1 g/mol. The number of allylic oxidation sites excluding steroid dienone is 1. The summed E-state index contributed by atoms with van der Waals surface area (Å²) in [6, 6.07) is 0. The second-order valence-electron chi connectivity index (χ2n) is 0.976. The van der Waals surface area contributed by atoms with Gasteiger partial charge in [0.05, 0.1) is 0 Å². The quantitative estimate of drug-likeness (QED) is 0.397. The lowest BCUT2D eigenvalue weighted by Crippen LogP contribution is -1.75. The van der Waals surface area contributed by atoms with Gasteiger partial charge in [-0.15, -0.1) is 0 Å². The van der Waals surface area contributed by atoms with Crippen LogP contribution < -0.4 is 0 Å². The molecule has 3 heteroatoms. The molecular weight excluding hydrogens is 94.0 g/mol. The molecule has 38 valence electrons. The van der Waals surface area contributed by atoms with Gasteiger partial charge in [0.2, 0.25) is 0 Å². The van der Waals surface area contributed by atoms with E-state index in [1.807, 2.05) is 0 Å². The third kappa shape index (κ3) is 1.28. The van der Waals surface area contributed by atoms with Crippen molar-refractivity contribution in [2.75, 3.05) is 0 Å². The zero-order valence-corrected chi connectivity index (χ0v) is 3.59. The lowest BCUT2D eigenvalue weighted by atomic mass is 10.6. The molecule has 0 fully saturated rings. The maximum absolute atomic E-state index is 9.96. The maximum Gasteiger partial charge on any atom is 0.269 e. The Balaban J connectivity index is 0.000000360. The minimum Gasteiger partial charge on any atom is -0.412 e. The molecule has 1 amide bonds. The van der Waals surface area contributed by atoms with Crippen LogP contribution in [0.15, 0.2) is 17.1 Å². The summed E-state index contributed by atoms with van der Waals surface area (Å²) in [5.74, 6) is -0.157. The Morgan fingerprint density at radius 1 is 1.57 bits per heavy atom. The van der Waals surface area contributed by atoms with Crippen LogP contribution in [0, 0.1) is 0 Å². The van der Waals surface area contributed by atoms with E-state index in [0.29, 0.717) is 0 Å². The summed E-state index contributed by atoms with van der Waals surface area (Å²) in [5.41, 5.74) is 0. The van der Waals surface area contributed by atoms with Crippen LogP contribution in [-0.4, -0.2) is 17.6 Å². The van der Waals surface area contributed by atoms with E-state index in [2.05, 4.69) is 4.99 Å². The molecule has 0 radical (unpaired) electrons. The van der Waals surface area contributed by atoms with Crippen molar-refractivity contribution in [3.8, 4) is 0 Å². The molecule has 0 aromatic rings. The predicted octanol–water partition coefficient (Wildman–Crippen LogP) is -0.671. The van der Waals surface area contributed by atoms with Crippen LogP contribution in [0.5, 0.6) is 0 Å². The van der Waals surface area contributed by atoms with Crippen molar-refractivity contribution in [3.05, 3.63) is 12.2 Å². The minimum atomic E-state index is -0.157. The van der Waals surface area contributed by atoms with Crippen molar-refractivity contribution in [2.24, 2.45) is 4.99 Å². The molecule has 1 aliphatic heterocycles. The second kappa shape index (κ2) is 2.25. The molecule has 0 saturated heterocycles. The topological polar surface area (TPSA) is 60.9 Å². The highest BCUT2D eigenvalue weighted by Gasteiger charge is 1.90. The van der Waals surface area contributed by atoms with Gasteiger partial charge in [-0.1, -0.05) is 0 Å². The number of carbonyl (C=O) groups excluding carboxylic acids is 1. The highest BCUT2D eigenvalue weighted by atomic mass is 16.1. The fourth-order valence-corrected chi connectivity index (χ4v) is 0.285. The molecule has 7 heavy (non-hydrogen) atoms. The first-order valence-corrected chi connectivity index (χ1v) is 1.64. The minimum absolute atomic E-state index is 0. The monoisotopic (exact) mass is 99.0 g/mol. The van der Waals surface area contributed by atoms with Gasteiger partial charge in [0.1, 0.15) is 0 Å². The van der Waals surface area contributed by atoms with Crippen molar-refractivity contribution in [1.82, 2.24) is 0 Å². The van der Waals surface area contributed by atoms with Gasteiger partial charge < -0.3 is 5.48 Å². The van der Waals surface area contributed by atoms with Gasteiger partial charge in [-0.05, 0) is 6.08 Å². The third-order valence-corrected chi connectivity index (χ3v) is 0.527. The van der Waals surface area contributed by atoms with Gasteiger partial charge in [-0.2, -0.15) is 0 Å². The number of carbonyl (C=O) groups is 1. The smallest absolute Gasteiger partial charge is 0.269 e. The molecule has 2 N–H and O–H groups in total. The van der Waals surface area contributed by atoms with E-state index in [9.17, 15) is 4.79 Å². The van der Waals surface area contributed by atoms with Gasteiger partial charge in [0.25, 0.3) is 5.91 Å². The van der Waals surface area contributed by atoms with Crippen LogP contribution in [0.4, 0.5) is 0 Å². The number of hydrogen-bond donors (Lipinski definition) is 0. The van der Waals surface area contributed by atoms with E-state index < -0.39 is 0 Å². The molecule has 0 bridgehead atoms. The van der Waals surface area contributed by atoms with Gasteiger partial charge in [-0.3, -0.25) is 4.79 Å². The average Bonchev–Trinajstić information content (AvgIpc) is 1.86. The zero-order chi connectivity index (χ0) is 4.41. The highest BCUT2D eigenvalue weighted by molar-refractivity contribution is 6.03. The van der Waals surface area contributed by atoms with Crippen molar-refractivity contribution in [3.63, 3.8) is 0 Å². The number of nitrogens with zero attached hydrogens (tertiary/aromatic N) is 1. The number of amides is 1. The summed E-state index contributed by atoms with van der Waals surface area (Å²) >= 11 is 0. The van der Waals surface area contributed by atoms with Gasteiger partial charge in [-0.25, -0.2) is 4.99 Å². The largest absolute Gasteiger partial charge is 0.412 e. The fraction of sp³-hybridized carbons (Fsp3) is 0.